The smallest absolute Gasteiger partial charge is 0.317 e. The van der Waals surface area contributed by atoms with Crippen LogP contribution in [0.2, 0.25) is 0 Å². The zero-order valence-electron chi connectivity index (χ0n) is 11.6. The molecule has 2 amide bonds. The van der Waals surface area contributed by atoms with E-state index in [0.29, 0.717) is 5.75 Å². The van der Waals surface area contributed by atoms with E-state index in [1.807, 2.05) is 30.3 Å². The number of rotatable bonds is 5. The fourth-order valence-corrected chi connectivity index (χ4v) is 2.21. The molecule has 0 saturated heterocycles. The number of thioether (sulfide) groups is 1. The normalized spacial score (nSPS) is 11.7. The van der Waals surface area contributed by atoms with Crippen molar-refractivity contribution in [3.05, 3.63) is 35.9 Å². The molecule has 0 aliphatic heterocycles. The summed E-state index contributed by atoms with van der Waals surface area (Å²) >= 11 is 1.24. The van der Waals surface area contributed by atoms with Gasteiger partial charge in [0, 0.05) is 32.8 Å². The second-order valence-electron chi connectivity index (χ2n) is 4.53. The summed E-state index contributed by atoms with van der Waals surface area (Å²) in [6.07, 6.45) is 0.723. The lowest BCUT2D eigenvalue weighted by Crippen LogP contribution is -2.43. The first-order valence-corrected chi connectivity index (χ1v) is 7.12. The molecule has 0 fully saturated rings. The van der Waals surface area contributed by atoms with Gasteiger partial charge in [0.05, 0.1) is 0 Å². The molecule has 19 heavy (non-hydrogen) atoms. The van der Waals surface area contributed by atoms with Crippen LogP contribution in [0.1, 0.15) is 12.5 Å². The molecule has 1 aromatic rings. The van der Waals surface area contributed by atoms with Crippen molar-refractivity contribution < 1.29 is 9.59 Å². The van der Waals surface area contributed by atoms with Gasteiger partial charge in [-0.2, -0.15) is 0 Å². The van der Waals surface area contributed by atoms with E-state index in [0.717, 1.165) is 12.0 Å². The number of hydrogen-bond acceptors (Lipinski definition) is 3. The van der Waals surface area contributed by atoms with E-state index in [9.17, 15) is 9.59 Å². The number of amides is 2. The molecule has 0 saturated carbocycles. The highest BCUT2D eigenvalue weighted by Crippen LogP contribution is 2.10. The second kappa shape index (κ2) is 7.84. The van der Waals surface area contributed by atoms with E-state index in [1.165, 1.54) is 23.6 Å². The summed E-state index contributed by atoms with van der Waals surface area (Å²) in [7, 11) is 3.40. The Labute approximate surface area is 118 Å². The molecule has 4 nitrogen and oxygen atoms in total. The number of hydrogen-bond donors (Lipinski definition) is 1. The lowest BCUT2D eigenvalue weighted by Gasteiger charge is -2.21. The number of nitrogens with one attached hydrogen (secondary N) is 1. The van der Waals surface area contributed by atoms with E-state index in [-0.39, 0.29) is 17.2 Å². The van der Waals surface area contributed by atoms with Crippen LogP contribution in [0.5, 0.6) is 0 Å². The van der Waals surface area contributed by atoms with Gasteiger partial charge >= 0.3 is 6.03 Å². The average molecular weight is 280 g/mol. The summed E-state index contributed by atoms with van der Waals surface area (Å²) in [4.78, 5) is 24.3. The van der Waals surface area contributed by atoms with Crippen LogP contribution in [0.4, 0.5) is 4.79 Å². The van der Waals surface area contributed by atoms with Crippen molar-refractivity contribution in [1.29, 1.82) is 0 Å². The molecule has 1 aromatic carbocycles. The fraction of sp³-hybridized carbons (Fsp3) is 0.429. The van der Waals surface area contributed by atoms with Gasteiger partial charge < -0.3 is 10.2 Å². The first-order valence-electron chi connectivity index (χ1n) is 6.14. The summed E-state index contributed by atoms with van der Waals surface area (Å²) in [6.45, 7) is 1.54. The van der Waals surface area contributed by atoms with Crippen LogP contribution in [0.15, 0.2) is 30.3 Å². The van der Waals surface area contributed by atoms with Crippen LogP contribution in [0.25, 0.3) is 0 Å². The molecule has 1 unspecified atom stereocenters. The molecule has 0 heterocycles. The van der Waals surface area contributed by atoms with E-state index >= 15 is 0 Å². The standard InChI is InChI=1S/C14H20N2O2S/c1-11(17)19-10-13(15-14(18)16(2)3)9-12-7-5-4-6-8-12/h4-8,13H,9-10H2,1-3H3,(H,15,18). The van der Waals surface area contributed by atoms with Crippen LogP contribution < -0.4 is 5.32 Å². The third-order valence-corrected chi connectivity index (χ3v) is 3.52. The Balaban J connectivity index is 2.63. The molecule has 5 heteroatoms. The zero-order valence-corrected chi connectivity index (χ0v) is 12.4. The molecular formula is C14H20N2O2S. The maximum Gasteiger partial charge on any atom is 0.317 e. The van der Waals surface area contributed by atoms with Crippen molar-refractivity contribution in [2.45, 2.75) is 19.4 Å². The van der Waals surface area contributed by atoms with Crippen molar-refractivity contribution in [2.75, 3.05) is 19.8 Å². The Kier molecular flexibility index (Phi) is 6.42. The third-order valence-electron chi connectivity index (χ3n) is 2.55. The molecule has 0 aliphatic rings. The Morgan fingerprint density at radius 3 is 2.42 bits per heavy atom. The maximum atomic E-state index is 11.7. The highest BCUT2D eigenvalue weighted by atomic mass is 32.2. The number of benzene rings is 1. The Morgan fingerprint density at radius 2 is 1.89 bits per heavy atom. The molecule has 1 rings (SSSR count). The molecule has 1 atom stereocenters. The quantitative estimate of drug-likeness (QED) is 0.899. The number of carbonyl (C=O) groups is 2. The number of urea groups is 1. The Bertz CT molecular complexity index is 421. The number of carbonyl (C=O) groups excluding carboxylic acids is 2. The van der Waals surface area contributed by atoms with Gasteiger partial charge in [0.25, 0.3) is 0 Å². The summed E-state index contributed by atoms with van der Waals surface area (Å²) in [5.41, 5.74) is 1.15. The van der Waals surface area contributed by atoms with Gasteiger partial charge in [0.2, 0.25) is 0 Å². The van der Waals surface area contributed by atoms with Gasteiger partial charge in [0.15, 0.2) is 5.12 Å². The SMILES string of the molecule is CC(=O)SCC(Cc1ccccc1)NC(=O)N(C)C. The van der Waals surface area contributed by atoms with Crippen LogP contribution in [0.3, 0.4) is 0 Å². The van der Waals surface area contributed by atoms with Crippen LogP contribution >= 0.6 is 11.8 Å². The second-order valence-corrected chi connectivity index (χ2v) is 5.73. The van der Waals surface area contributed by atoms with Gasteiger partial charge in [-0.25, -0.2) is 4.79 Å². The fourth-order valence-electron chi connectivity index (χ4n) is 1.57. The molecule has 1 N–H and O–H groups in total. The van der Waals surface area contributed by atoms with E-state index in [1.54, 1.807) is 14.1 Å². The molecule has 0 aromatic heterocycles. The highest BCUT2D eigenvalue weighted by molar-refractivity contribution is 8.13. The maximum absolute atomic E-state index is 11.7. The summed E-state index contributed by atoms with van der Waals surface area (Å²) in [5, 5.41) is 3.00. The van der Waals surface area contributed by atoms with Crippen molar-refractivity contribution in [3.8, 4) is 0 Å². The third kappa shape index (κ3) is 6.29. The molecule has 104 valence electrons. The Morgan fingerprint density at radius 1 is 1.26 bits per heavy atom. The minimum Gasteiger partial charge on any atom is -0.334 e. The van der Waals surface area contributed by atoms with Crippen molar-refractivity contribution >= 4 is 22.9 Å². The number of nitrogens with zero attached hydrogens (tertiary/aromatic N) is 1. The van der Waals surface area contributed by atoms with Gasteiger partial charge in [-0.15, -0.1) is 0 Å². The van der Waals surface area contributed by atoms with Crippen molar-refractivity contribution in [3.63, 3.8) is 0 Å². The first-order chi connectivity index (χ1) is 8.99. The first kappa shape index (κ1) is 15.6. The van der Waals surface area contributed by atoms with Crippen LogP contribution in [-0.4, -0.2) is 41.9 Å². The van der Waals surface area contributed by atoms with Crippen molar-refractivity contribution in [2.24, 2.45) is 0 Å². The van der Waals surface area contributed by atoms with Crippen molar-refractivity contribution in [1.82, 2.24) is 10.2 Å². The largest absolute Gasteiger partial charge is 0.334 e. The summed E-state index contributed by atoms with van der Waals surface area (Å²) in [6, 6.07) is 9.76. The monoisotopic (exact) mass is 280 g/mol. The molecule has 0 aliphatic carbocycles. The molecular weight excluding hydrogens is 260 g/mol. The van der Waals surface area contributed by atoms with E-state index < -0.39 is 0 Å². The summed E-state index contributed by atoms with van der Waals surface area (Å²) in [5.74, 6) is 0.587. The van der Waals surface area contributed by atoms with E-state index in [2.05, 4.69) is 5.32 Å². The molecule has 0 bridgehead atoms. The lowest BCUT2D eigenvalue weighted by atomic mass is 10.1. The van der Waals surface area contributed by atoms with Crippen LogP contribution in [0, 0.1) is 0 Å². The van der Waals surface area contributed by atoms with Crippen LogP contribution in [-0.2, 0) is 11.2 Å². The predicted molar refractivity (Wildman–Crippen MR) is 79.3 cm³/mol. The van der Waals surface area contributed by atoms with Gasteiger partial charge in [-0.05, 0) is 12.0 Å². The average Bonchev–Trinajstić information content (AvgIpc) is 2.37. The minimum atomic E-state index is -0.134. The summed E-state index contributed by atoms with van der Waals surface area (Å²) < 4.78 is 0. The van der Waals surface area contributed by atoms with E-state index in [4.69, 9.17) is 0 Å². The Hall–Kier alpha value is -1.49. The predicted octanol–water partition coefficient (Wildman–Crippen LogP) is 2.15. The van der Waals surface area contributed by atoms with Gasteiger partial charge in [0.1, 0.15) is 0 Å². The minimum absolute atomic E-state index is 0.0498. The van der Waals surface area contributed by atoms with Gasteiger partial charge in [-0.1, -0.05) is 42.1 Å². The van der Waals surface area contributed by atoms with Gasteiger partial charge in [-0.3, -0.25) is 4.79 Å². The lowest BCUT2D eigenvalue weighted by molar-refractivity contribution is -0.109. The molecule has 0 spiro atoms. The zero-order chi connectivity index (χ0) is 14.3. The highest BCUT2D eigenvalue weighted by Gasteiger charge is 2.15. The topological polar surface area (TPSA) is 49.4 Å². The molecule has 0 radical (unpaired) electrons.